The Morgan fingerprint density at radius 1 is 0.925 bits per heavy atom. The molecule has 0 spiro atoms. The van der Waals surface area contributed by atoms with Crippen molar-refractivity contribution >= 4 is 23.8 Å². The minimum Gasteiger partial charge on any atom is -0.444 e. The number of hydrogen-bond acceptors (Lipinski definition) is 5. The van der Waals surface area contributed by atoms with Crippen molar-refractivity contribution in [3.63, 3.8) is 0 Å². The van der Waals surface area contributed by atoms with Crippen LogP contribution >= 0.6 is 0 Å². The molecule has 0 saturated carbocycles. The van der Waals surface area contributed by atoms with Crippen molar-refractivity contribution in [3.05, 3.63) is 34.9 Å². The number of nitrogens with zero attached hydrogens (tertiary/aromatic N) is 1. The van der Waals surface area contributed by atoms with Crippen LogP contribution in [-0.4, -0.2) is 53.4 Å². The molecule has 1 aromatic rings. The van der Waals surface area contributed by atoms with Gasteiger partial charge in [0.2, 0.25) is 17.7 Å². The molecule has 4 N–H and O–H groups in total. The highest BCUT2D eigenvalue weighted by Gasteiger charge is 2.36. The maximum Gasteiger partial charge on any atom is 0.408 e. The fourth-order valence-electron chi connectivity index (χ4n) is 4.59. The Balaban J connectivity index is 3.52. The second-order valence-corrected chi connectivity index (χ2v) is 11.6. The summed E-state index contributed by atoms with van der Waals surface area (Å²) in [6.07, 6.45) is 5.58. The fraction of sp³-hybridized carbons (Fsp3) is 0.677. The van der Waals surface area contributed by atoms with E-state index >= 15 is 0 Å². The van der Waals surface area contributed by atoms with Crippen LogP contribution in [0.5, 0.6) is 0 Å². The molecular weight excluding hydrogens is 508 g/mol. The van der Waals surface area contributed by atoms with Gasteiger partial charge >= 0.3 is 6.09 Å². The molecule has 2 atom stereocenters. The second-order valence-electron chi connectivity index (χ2n) is 11.6. The molecule has 226 valence electrons. The number of nitrogens with two attached hydrogens (primary N) is 1. The fourth-order valence-corrected chi connectivity index (χ4v) is 4.59. The number of alkyl carbamates (subject to hydrolysis) is 1. The number of hydrogen-bond donors (Lipinski definition) is 3. The number of amides is 4. The second kappa shape index (κ2) is 17.6. The molecule has 1 rings (SSSR count). The summed E-state index contributed by atoms with van der Waals surface area (Å²) in [5.74, 6) is -1.30. The topological polar surface area (TPSA) is 131 Å². The molecule has 2 unspecified atom stereocenters. The van der Waals surface area contributed by atoms with Crippen LogP contribution in [0.25, 0.3) is 0 Å². The molecule has 0 fully saturated rings. The van der Waals surface area contributed by atoms with Gasteiger partial charge in [-0.25, -0.2) is 4.79 Å². The van der Waals surface area contributed by atoms with Crippen LogP contribution in [-0.2, 0) is 19.1 Å². The number of nitrogens with one attached hydrogen (secondary N) is 2. The largest absolute Gasteiger partial charge is 0.444 e. The van der Waals surface area contributed by atoms with E-state index in [0.29, 0.717) is 25.1 Å². The Morgan fingerprint density at radius 2 is 1.52 bits per heavy atom. The van der Waals surface area contributed by atoms with Crippen LogP contribution in [0.2, 0.25) is 0 Å². The molecule has 0 aliphatic rings. The van der Waals surface area contributed by atoms with Gasteiger partial charge in [-0.2, -0.15) is 0 Å². The summed E-state index contributed by atoms with van der Waals surface area (Å²) in [4.78, 5) is 53.9. The smallest absolute Gasteiger partial charge is 0.408 e. The lowest BCUT2D eigenvalue weighted by Crippen LogP contribution is -2.53. The minimum atomic E-state index is -1.09. The van der Waals surface area contributed by atoms with Gasteiger partial charge in [-0.3, -0.25) is 14.4 Å². The molecule has 0 aliphatic carbocycles. The van der Waals surface area contributed by atoms with Crippen molar-refractivity contribution in [2.45, 2.75) is 124 Å². The molecular formula is C31H52N4O5. The number of unbranched alkanes of at least 4 members (excludes halogenated alkanes) is 5. The van der Waals surface area contributed by atoms with Crippen LogP contribution in [0.3, 0.4) is 0 Å². The Bertz CT molecular complexity index is 953. The predicted octanol–water partition coefficient (Wildman–Crippen LogP) is 5.22. The molecule has 0 aliphatic heterocycles. The maximum atomic E-state index is 14.2. The third-order valence-electron chi connectivity index (χ3n) is 6.40. The van der Waals surface area contributed by atoms with Crippen LogP contribution in [0.1, 0.15) is 115 Å². The van der Waals surface area contributed by atoms with Crippen molar-refractivity contribution in [2.24, 2.45) is 5.73 Å². The van der Waals surface area contributed by atoms with Gasteiger partial charge in [0.05, 0.1) is 0 Å². The van der Waals surface area contributed by atoms with Crippen molar-refractivity contribution in [1.82, 2.24) is 15.5 Å². The number of carbonyl (C=O) groups is 4. The van der Waals surface area contributed by atoms with E-state index in [0.717, 1.165) is 49.7 Å². The van der Waals surface area contributed by atoms with E-state index in [4.69, 9.17) is 10.5 Å². The summed E-state index contributed by atoms with van der Waals surface area (Å²) in [6.45, 7) is 14.1. The Labute approximate surface area is 241 Å². The number of aryl methyl sites for hydroxylation is 2. The van der Waals surface area contributed by atoms with E-state index in [9.17, 15) is 19.2 Å². The number of carbonyl (C=O) groups excluding carboxylic acids is 4. The Kier molecular flexibility index (Phi) is 15.3. The average Bonchev–Trinajstić information content (AvgIpc) is 2.84. The number of ether oxygens (including phenoxy) is 1. The highest BCUT2D eigenvalue weighted by Crippen LogP contribution is 2.26. The SMILES string of the molecule is CCCCCCN(C(=O)C(CCC(N)=O)NC(=O)OC(C)(C)C)C(C(=O)NCCCCC)c1cc(C)cc(C)c1. The Hall–Kier alpha value is -3.10. The van der Waals surface area contributed by atoms with E-state index in [1.807, 2.05) is 32.0 Å². The molecule has 4 amide bonds. The molecule has 1 aromatic carbocycles. The number of rotatable bonds is 17. The monoisotopic (exact) mass is 560 g/mol. The van der Waals surface area contributed by atoms with Gasteiger partial charge in [0, 0.05) is 19.5 Å². The van der Waals surface area contributed by atoms with Gasteiger partial charge in [0.25, 0.3) is 0 Å². The first-order valence-electron chi connectivity index (χ1n) is 14.7. The Morgan fingerprint density at radius 3 is 2.08 bits per heavy atom. The van der Waals surface area contributed by atoms with Crippen molar-refractivity contribution in [3.8, 4) is 0 Å². The third kappa shape index (κ3) is 13.3. The number of primary amides is 1. The van der Waals surface area contributed by atoms with Crippen LogP contribution in [0.4, 0.5) is 4.79 Å². The number of benzene rings is 1. The molecule has 40 heavy (non-hydrogen) atoms. The normalized spacial score (nSPS) is 12.8. The molecule has 0 radical (unpaired) electrons. The van der Waals surface area contributed by atoms with E-state index in [-0.39, 0.29) is 18.7 Å². The summed E-state index contributed by atoms with van der Waals surface area (Å²) < 4.78 is 5.40. The van der Waals surface area contributed by atoms with Gasteiger partial charge in [-0.05, 0) is 59.4 Å². The third-order valence-corrected chi connectivity index (χ3v) is 6.40. The van der Waals surface area contributed by atoms with E-state index in [1.54, 1.807) is 25.7 Å². The predicted molar refractivity (Wildman–Crippen MR) is 159 cm³/mol. The zero-order valence-corrected chi connectivity index (χ0v) is 25.7. The zero-order chi connectivity index (χ0) is 30.3. The van der Waals surface area contributed by atoms with Gasteiger partial charge in [0.1, 0.15) is 17.7 Å². The van der Waals surface area contributed by atoms with Crippen LogP contribution < -0.4 is 16.4 Å². The highest BCUT2D eigenvalue weighted by molar-refractivity contribution is 5.92. The lowest BCUT2D eigenvalue weighted by atomic mass is 9.97. The summed E-state index contributed by atoms with van der Waals surface area (Å²) in [5, 5.41) is 5.68. The molecule has 9 nitrogen and oxygen atoms in total. The van der Waals surface area contributed by atoms with Crippen LogP contribution in [0.15, 0.2) is 18.2 Å². The summed E-state index contributed by atoms with van der Waals surface area (Å²) in [6, 6.07) is 3.89. The molecule has 9 heteroatoms. The van der Waals surface area contributed by atoms with Gasteiger partial charge in [-0.1, -0.05) is 75.3 Å². The van der Waals surface area contributed by atoms with Gasteiger partial charge in [-0.15, -0.1) is 0 Å². The van der Waals surface area contributed by atoms with E-state index in [1.165, 1.54) is 0 Å². The van der Waals surface area contributed by atoms with Crippen molar-refractivity contribution in [2.75, 3.05) is 13.1 Å². The molecule has 0 bridgehead atoms. The average molecular weight is 561 g/mol. The van der Waals surface area contributed by atoms with E-state index < -0.39 is 35.6 Å². The van der Waals surface area contributed by atoms with Crippen molar-refractivity contribution < 1.29 is 23.9 Å². The minimum absolute atomic E-state index is 0.00342. The molecule has 0 heterocycles. The summed E-state index contributed by atoms with van der Waals surface area (Å²) in [7, 11) is 0. The molecule has 0 aromatic heterocycles. The lowest BCUT2D eigenvalue weighted by molar-refractivity contribution is -0.142. The van der Waals surface area contributed by atoms with Gasteiger partial charge < -0.3 is 26.0 Å². The van der Waals surface area contributed by atoms with E-state index in [2.05, 4.69) is 24.5 Å². The highest BCUT2D eigenvalue weighted by atomic mass is 16.6. The maximum absolute atomic E-state index is 14.2. The zero-order valence-electron chi connectivity index (χ0n) is 25.7. The molecule has 0 saturated heterocycles. The quantitative estimate of drug-likeness (QED) is 0.225. The van der Waals surface area contributed by atoms with Crippen molar-refractivity contribution in [1.29, 1.82) is 0 Å². The van der Waals surface area contributed by atoms with Crippen LogP contribution in [0, 0.1) is 13.8 Å². The summed E-state index contributed by atoms with van der Waals surface area (Å²) >= 11 is 0. The van der Waals surface area contributed by atoms with Gasteiger partial charge in [0.15, 0.2) is 0 Å². The first-order valence-corrected chi connectivity index (χ1v) is 14.7. The summed E-state index contributed by atoms with van der Waals surface area (Å²) in [5.41, 5.74) is 7.30. The lowest BCUT2D eigenvalue weighted by Gasteiger charge is -2.35. The standard InChI is InChI=1S/C31H52N4O5/c1-8-10-12-14-18-35(29(38)25(15-16-26(32)36)34-30(39)40-31(5,6)7)27(28(37)33-17-13-11-9-2)24-20-22(3)19-23(4)21-24/h19-21,25,27H,8-18H2,1-7H3,(H2,32,36)(H,33,37)(H,34,39). The first kappa shape index (κ1) is 34.9. The first-order chi connectivity index (χ1) is 18.8.